The van der Waals surface area contributed by atoms with Gasteiger partial charge in [0.15, 0.2) is 0 Å². The number of unbranched alkanes of at least 4 members (excludes halogenated alkanes) is 3. The van der Waals surface area contributed by atoms with E-state index in [0.29, 0.717) is 6.42 Å². The molecule has 0 amide bonds. The maximum Gasteiger partial charge on any atom is 0.303 e. The van der Waals surface area contributed by atoms with Crippen molar-refractivity contribution in [3.05, 3.63) is 47.5 Å². The average molecular weight is 375 g/mol. The van der Waals surface area contributed by atoms with Gasteiger partial charge in [0.2, 0.25) is 0 Å². The van der Waals surface area contributed by atoms with Gasteiger partial charge < -0.3 is 5.11 Å². The van der Waals surface area contributed by atoms with E-state index in [1.54, 1.807) is 11.1 Å². The van der Waals surface area contributed by atoms with Gasteiger partial charge >= 0.3 is 5.97 Å². The maximum absolute atomic E-state index is 10.3. The Morgan fingerprint density at radius 1 is 0.870 bits per heavy atom. The van der Waals surface area contributed by atoms with Crippen molar-refractivity contribution >= 4 is 21.9 Å². The number of carboxylic acids is 1. The van der Waals surface area contributed by atoms with E-state index in [2.05, 4.69) is 51.8 Å². The lowest BCUT2D eigenvalue weighted by Gasteiger charge is -1.90. The molecular weight excluding hydrogens is 352 g/mol. The highest BCUT2D eigenvalue weighted by atomic mass is 79.9. The molecule has 23 heavy (non-hydrogen) atoms. The van der Waals surface area contributed by atoms with Crippen LogP contribution in [-0.4, -0.2) is 11.1 Å². The SMILES string of the molecule is O=C(O)CCCC=CCCC#CC=CCCC=CC#CC=CBr. The molecule has 0 bridgehead atoms. The van der Waals surface area contributed by atoms with E-state index in [0.717, 1.165) is 32.1 Å². The summed E-state index contributed by atoms with van der Waals surface area (Å²) in [4.78, 5) is 12.0. The Labute approximate surface area is 148 Å². The van der Waals surface area contributed by atoms with Crippen LogP contribution in [0.25, 0.3) is 0 Å². The first kappa shape index (κ1) is 21.0. The molecule has 1 N–H and O–H groups in total. The largest absolute Gasteiger partial charge is 0.481 e. The van der Waals surface area contributed by atoms with Gasteiger partial charge in [-0.15, -0.1) is 0 Å². The number of hydrogen-bond donors (Lipinski definition) is 1. The molecule has 0 aliphatic heterocycles. The lowest BCUT2D eigenvalue weighted by molar-refractivity contribution is -0.137. The second kappa shape index (κ2) is 18.1. The van der Waals surface area contributed by atoms with Crippen LogP contribution in [0.4, 0.5) is 0 Å². The lowest BCUT2D eigenvalue weighted by atomic mass is 10.2. The molecule has 0 aromatic rings. The summed E-state index contributed by atoms with van der Waals surface area (Å²) in [5, 5.41) is 8.49. The molecule has 0 unspecified atom stereocenters. The predicted molar refractivity (Wildman–Crippen MR) is 101 cm³/mol. The molecule has 0 aromatic heterocycles. The summed E-state index contributed by atoms with van der Waals surface area (Å²) in [5.74, 6) is 11.1. The van der Waals surface area contributed by atoms with Crippen LogP contribution in [0, 0.1) is 23.7 Å². The first-order valence-electron chi connectivity index (χ1n) is 7.69. The van der Waals surface area contributed by atoms with Crippen LogP contribution in [0.5, 0.6) is 0 Å². The van der Waals surface area contributed by atoms with Crippen LogP contribution in [-0.2, 0) is 4.79 Å². The topological polar surface area (TPSA) is 37.3 Å². The highest BCUT2D eigenvalue weighted by Gasteiger charge is 1.92. The zero-order valence-corrected chi connectivity index (χ0v) is 14.9. The highest BCUT2D eigenvalue weighted by molar-refractivity contribution is 9.11. The van der Waals surface area contributed by atoms with Crippen molar-refractivity contribution in [3.63, 3.8) is 0 Å². The number of allylic oxidation sites excluding steroid dienone is 7. The third kappa shape index (κ3) is 20.0. The van der Waals surface area contributed by atoms with Gasteiger partial charge in [-0.3, -0.25) is 4.79 Å². The van der Waals surface area contributed by atoms with Crippen LogP contribution in [0.3, 0.4) is 0 Å². The number of hydrogen-bond acceptors (Lipinski definition) is 1. The minimum absolute atomic E-state index is 0.241. The predicted octanol–water partition coefficient (Wildman–Crippen LogP) is 5.39. The maximum atomic E-state index is 10.3. The lowest BCUT2D eigenvalue weighted by Crippen LogP contribution is -1.92. The van der Waals surface area contributed by atoms with Crippen molar-refractivity contribution in [2.75, 3.05) is 0 Å². The van der Waals surface area contributed by atoms with E-state index in [4.69, 9.17) is 5.11 Å². The molecule has 3 heteroatoms. The molecule has 0 heterocycles. The highest BCUT2D eigenvalue weighted by Crippen LogP contribution is 1.98. The van der Waals surface area contributed by atoms with Crippen molar-refractivity contribution in [1.82, 2.24) is 0 Å². The van der Waals surface area contributed by atoms with Crippen LogP contribution < -0.4 is 0 Å². The third-order valence-electron chi connectivity index (χ3n) is 2.60. The quantitative estimate of drug-likeness (QED) is 0.334. The molecule has 0 fully saturated rings. The van der Waals surface area contributed by atoms with Crippen molar-refractivity contribution in [3.8, 4) is 23.7 Å². The normalized spacial score (nSPS) is 11.0. The first-order valence-corrected chi connectivity index (χ1v) is 8.60. The minimum Gasteiger partial charge on any atom is -0.481 e. The first-order chi connectivity index (χ1) is 11.3. The summed E-state index contributed by atoms with van der Waals surface area (Å²) in [6.45, 7) is 0. The number of halogens is 1. The summed E-state index contributed by atoms with van der Waals surface area (Å²) >= 11 is 3.15. The van der Waals surface area contributed by atoms with Crippen LogP contribution in [0.2, 0.25) is 0 Å². The summed E-state index contributed by atoms with van der Waals surface area (Å²) in [5.41, 5.74) is 0. The van der Waals surface area contributed by atoms with E-state index in [1.807, 2.05) is 24.3 Å². The molecule has 0 spiro atoms. The van der Waals surface area contributed by atoms with Gasteiger partial charge in [0, 0.05) is 12.8 Å². The Morgan fingerprint density at radius 3 is 2.22 bits per heavy atom. The Bertz CT molecular complexity index is 546. The molecule has 0 aromatic carbocycles. The molecule has 0 radical (unpaired) electrons. The monoisotopic (exact) mass is 374 g/mol. The van der Waals surface area contributed by atoms with Gasteiger partial charge in [-0.2, -0.15) is 0 Å². The fourth-order valence-electron chi connectivity index (χ4n) is 1.50. The van der Waals surface area contributed by atoms with E-state index in [-0.39, 0.29) is 6.42 Å². The third-order valence-corrected chi connectivity index (χ3v) is 2.86. The van der Waals surface area contributed by atoms with E-state index in [9.17, 15) is 4.79 Å². The van der Waals surface area contributed by atoms with Crippen LogP contribution >= 0.6 is 15.9 Å². The second-order valence-electron chi connectivity index (χ2n) is 4.58. The van der Waals surface area contributed by atoms with Gasteiger partial charge in [-0.25, -0.2) is 0 Å². The summed E-state index contributed by atoms with van der Waals surface area (Å²) in [6, 6.07) is 0. The van der Waals surface area contributed by atoms with Gasteiger partial charge in [0.1, 0.15) is 0 Å². The molecule has 2 nitrogen and oxygen atoms in total. The standard InChI is InChI=1S/C20H23BrO2/c21-19-17-15-13-11-9-7-5-3-1-2-4-6-8-10-12-14-16-18-20(22)23/h1,3,9-12,17,19H,5-8,14,16,18H2,(H,22,23). The summed E-state index contributed by atoms with van der Waals surface area (Å²) < 4.78 is 0. The Morgan fingerprint density at radius 2 is 1.52 bits per heavy atom. The van der Waals surface area contributed by atoms with Crippen LogP contribution in [0.1, 0.15) is 44.9 Å². The number of carboxylic acid groups (broad SMARTS) is 1. The number of carbonyl (C=O) groups is 1. The molecule has 0 saturated carbocycles. The van der Waals surface area contributed by atoms with Gasteiger partial charge in [-0.05, 0) is 55.3 Å². The average Bonchev–Trinajstić information content (AvgIpc) is 2.53. The van der Waals surface area contributed by atoms with E-state index in [1.165, 1.54) is 0 Å². The fraction of sp³-hybridized carbons (Fsp3) is 0.350. The van der Waals surface area contributed by atoms with Crippen molar-refractivity contribution in [2.45, 2.75) is 44.9 Å². The molecule has 0 atom stereocenters. The summed E-state index contributed by atoms with van der Waals surface area (Å²) in [7, 11) is 0. The Hall–Kier alpha value is -1.97. The smallest absolute Gasteiger partial charge is 0.303 e. The van der Waals surface area contributed by atoms with Crippen molar-refractivity contribution in [2.24, 2.45) is 0 Å². The molecular formula is C20H23BrO2. The molecule has 122 valence electrons. The number of aliphatic carboxylic acids is 1. The zero-order valence-electron chi connectivity index (χ0n) is 13.3. The van der Waals surface area contributed by atoms with Crippen LogP contribution in [0.15, 0.2) is 47.5 Å². The van der Waals surface area contributed by atoms with E-state index < -0.39 is 5.97 Å². The molecule has 0 rings (SSSR count). The fourth-order valence-corrected chi connectivity index (χ4v) is 1.63. The molecule has 0 aliphatic rings. The second-order valence-corrected chi connectivity index (χ2v) is 5.11. The van der Waals surface area contributed by atoms with Gasteiger partial charge in [0.25, 0.3) is 0 Å². The zero-order chi connectivity index (χ0) is 17.0. The van der Waals surface area contributed by atoms with Crippen molar-refractivity contribution in [1.29, 1.82) is 0 Å². The Kier molecular flexibility index (Phi) is 16.5. The number of rotatable bonds is 9. The minimum atomic E-state index is -0.730. The van der Waals surface area contributed by atoms with Gasteiger partial charge in [0.05, 0.1) is 0 Å². The van der Waals surface area contributed by atoms with Gasteiger partial charge in [-0.1, -0.05) is 63.9 Å². The van der Waals surface area contributed by atoms with E-state index >= 15 is 0 Å². The molecule has 0 aliphatic carbocycles. The summed E-state index contributed by atoms with van der Waals surface area (Å²) in [6.07, 6.45) is 19.1. The Balaban J connectivity index is 3.56. The molecule has 0 saturated heterocycles. The van der Waals surface area contributed by atoms with Crippen molar-refractivity contribution < 1.29 is 9.90 Å².